The predicted molar refractivity (Wildman–Crippen MR) is 97.3 cm³/mol. The Hall–Kier alpha value is -1.22. The SMILES string of the molecule is CC(=O)OC1CC23CC(O)C(CCC2C(C)(O)C2C4OC4CC12O)C3OC(C)=O. The Morgan fingerprint density at radius 3 is 2.38 bits per heavy atom. The summed E-state index contributed by atoms with van der Waals surface area (Å²) in [7, 11) is 0. The number of carbonyl (C=O) groups excluding carboxylic acids is 2. The number of rotatable bonds is 2. The molecule has 0 aromatic carbocycles. The highest BCUT2D eigenvalue weighted by atomic mass is 16.6. The van der Waals surface area contributed by atoms with Gasteiger partial charge >= 0.3 is 11.9 Å². The van der Waals surface area contributed by atoms with Crippen molar-refractivity contribution in [2.75, 3.05) is 0 Å². The Morgan fingerprint density at radius 1 is 1.03 bits per heavy atom. The van der Waals surface area contributed by atoms with Gasteiger partial charge in [0.05, 0.1) is 23.9 Å². The molecule has 5 rings (SSSR count). The van der Waals surface area contributed by atoms with Gasteiger partial charge in [-0.1, -0.05) is 0 Å². The highest BCUT2D eigenvalue weighted by molar-refractivity contribution is 5.67. The van der Waals surface area contributed by atoms with Crippen molar-refractivity contribution in [1.82, 2.24) is 0 Å². The van der Waals surface area contributed by atoms with Gasteiger partial charge in [0, 0.05) is 37.5 Å². The first-order valence-corrected chi connectivity index (χ1v) is 10.6. The van der Waals surface area contributed by atoms with Gasteiger partial charge in [-0.25, -0.2) is 0 Å². The summed E-state index contributed by atoms with van der Waals surface area (Å²) < 4.78 is 17.1. The summed E-state index contributed by atoms with van der Waals surface area (Å²) in [6.45, 7) is 4.37. The van der Waals surface area contributed by atoms with Crippen molar-refractivity contribution in [2.24, 2.45) is 23.2 Å². The maximum atomic E-state index is 11.9. The summed E-state index contributed by atoms with van der Waals surface area (Å²) in [6, 6.07) is 0. The van der Waals surface area contributed by atoms with Gasteiger partial charge in [-0.15, -0.1) is 0 Å². The van der Waals surface area contributed by atoms with E-state index in [0.29, 0.717) is 25.7 Å². The molecule has 1 heterocycles. The number of carbonyl (C=O) groups is 2. The molecule has 11 unspecified atom stereocenters. The van der Waals surface area contributed by atoms with E-state index in [0.717, 1.165) is 0 Å². The fraction of sp³-hybridized carbons (Fsp3) is 0.905. The van der Waals surface area contributed by atoms with E-state index in [1.807, 2.05) is 0 Å². The minimum Gasteiger partial charge on any atom is -0.462 e. The number of aliphatic hydroxyl groups is 3. The first-order valence-electron chi connectivity index (χ1n) is 10.6. The van der Waals surface area contributed by atoms with Crippen LogP contribution in [0.4, 0.5) is 0 Å². The molecule has 1 aliphatic heterocycles. The molecule has 4 saturated carbocycles. The van der Waals surface area contributed by atoms with Crippen LogP contribution in [0.15, 0.2) is 0 Å². The lowest BCUT2D eigenvalue weighted by Crippen LogP contribution is -2.59. The largest absolute Gasteiger partial charge is 0.462 e. The highest BCUT2D eigenvalue weighted by Crippen LogP contribution is 2.69. The van der Waals surface area contributed by atoms with Gasteiger partial charge in [0.25, 0.3) is 0 Å². The third-order valence-electron chi connectivity index (χ3n) is 8.60. The molecule has 2 bridgehead atoms. The second-order valence-electron chi connectivity index (χ2n) is 10.2. The van der Waals surface area contributed by atoms with E-state index < -0.39 is 52.8 Å². The summed E-state index contributed by atoms with van der Waals surface area (Å²) in [6.07, 6.45) is -0.394. The summed E-state index contributed by atoms with van der Waals surface area (Å²) >= 11 is 0. The van der Waals surface area contributed by atoms with Crippen molar-refractivity contribution in [3.8, 4) is 0 Å². The van der Waals surface area contributed by atoms with E-state index in [9.17, 15) is 24.9 Å². The van der Waals surface area contributed by atoms with Gasteiger partial charge in [0.2, 0.25) is 0 Å². The molecule has 1 spiro atoms. The summed E-state index contributed by atoms with van der Waals surface area (Å²) in [4.78, 5) is 23.8. The Labute approximate surface area is 169 Å². The number of aliphatic hydroxyl groups excluding tert-OH is 1. The molecule has 0 aromatic heterocycles. The molecule has 0 radical (unpaired) electrons. The standard InChI is InChI=1S/C21H30O8/c1-9(22)27-15-8-20-6-12(24)11(18(20)28-10(2)23)4-5-14(20)19(3,25)17-16-13(29-16)7-21(15,17)26/h11-18,24-26H,4-8H2,1-3H3. The van der Waals surface area contributed by atoms with Gasteiger partial charge in [0.1, 0.15) is 17.8 Å². The van der Waals surface area contributed by atoms with Crippen LogP contribution in [0.2, 0.25) is 0 Å². The van der Waals surface area contributed by atoms with Crippen LogP contribution in [0.5, 0.6) is 0 Å². The molecule has 5 fully saturated rings. The van der Waals surface area contributed by atoms with Crippen molar-refractivity contribution in [1.29, 1.82) is 0 Å². The Morgan fingerprint density at radius 2 is 1.72 bits per heavy atom. The van der Waals surface area contributed by atoms with Crippen molar-refractivity contribution in [2.45, 2.75) is 94.6 Å². The molecular weight excluding hydrogens is 380 g/mol. The smallest absolute Gasteiger partial charge is 0.303 e. The molecule has 8 heteroatoms. The molecule has 1 saturated heterocycles. The fourth-order valence-electron chi connectivity index (χ4n) is 7.82. The maximum Gasteiger partial charge on any atom is 0.303 e. The van der Waals surface area contributed by atoms with Crippen LogP contribution in [-0.2, 0) is 23.8 Å². The Kier molecular flexibility index (Phi) is 4.03. The molecule has 5 aliphatic rings. The van der Waals surface area contributed by atoms with Crippen LogP contribution in [-0.4, -0.2) is 69.0 Å². The topological polar surface area (TPSA) is 126 Å². The second kappa shape index (κ2) is 5.93. The quantitative estimate of drug-likeness (QED) is 0.438. The van der Waals surface area contributed by atoms with Gasteiger partial charge in [0.15, 0.2) is 0 Å². The summed E-state index contributed by atoms with van der Waals surface area (Å²) in [5, 5.41) is 34.4. The average molecular weight is 410 g/mol. The Bertz CT molecular complexity index is 751. The summed E-state index contributed by atoms with van der Waals surface area (Å²) in [5.41, 5.74) is -3.52. The van der Waals surface area contributed by atoms with E-state index in [4.69, 9.17) is 14.2 Å². The molecule has 29 heavy (non-hydrogen) atoms. The van der Waals surface area contributed by atoms with Crippen molar-refractivity contribution < 1.29 is 39.1 Å². The number of fused-ring (bicyclic) bond motifs is 4. The number of hydrogen-bond donors (Lipinski definition) is 3. The molecular formula is C21H30O8. The van der Waals surface area contributed by atoms with Gasteiger partial charge in [-0.3, -0.25) is 9.59 Å². The number of epoxide rings is 1. The monoisotopic (exact) mass is 410 g/mol. The van der Waals surface area contributed by atoms with Crippen LogP contribution >= 0.6 is 0 Å². The lowest BCUT2D eigenvalue weighted by molar-refractivity contribution is -0.198. The fourth-order valence-corrected chi connectivity index (χ4v) is 7.82. The first kappa shape index (κ1) is 19.7. The summed E-state index contributed by atoms with van der Waals surface area (Å²) in [5.74, 6) is -2.10. The molecule has 11 atom stereocenters. The maximum absolute atomic E-state index is 11.9. The van der Waals surface area contributed by atoms with Gasteiger partial charge < -0.3 is 29.5 Å². The minimum atomic E-state index is -1.42. The van der Waals surface area contributed by atoms with E-state index in [-0.39, 0.29) is 30.5 Å². The molecule has 3 N–H and O–H groups in total. The lowest BCUT2D eigenvalue weighted by atomic mass is 9.57. The van der Waals surface area contributed by atoms with E-state index in [1.165, 1.54) is 13.8 Å². The zero-order valence-electron chi connectivity index (χ0n) is 17.0. The molecule has 0 aromatic rings. The van der Waals surface area contributed by atoms with Crippen molar-refractivity contribution in [3.05, 3.63) is 0 Å². The van der Waals surface area contributed by atoms with Gasteiger partial charge in [-0.05, 0) is 38.5 Å². The van der Waals surface area contributed by atoms with E-state index in [2.05, 4.69) is 0 Å². The van der Waals surface area contributed by atoms with Crippen LogP contribution < -0.4 is 0 Å². The predicted octanol–water partition coefficient (Wildman–Crippen LogP) is 0.300. The average Bonchev–Trinajstić information content (AvgIpc) is 3.21. The Balaban J connectivity index is 1.65. The number of ether oxygens (including phenoxy) is 3. The van der Waals surface area contributed by atoms with Crippen LogP contribution in [0.1, 0.15) is 52.9 Å². The minimum absolute atomic E-state index is 0.140. The normalized spacial score (nSPS) is 57.2. The molecule has 4 aliphatic carbocycles. The van der Waals surface area contributed by atoms with Crippen molar-refractivity contribution in [3.63, 3.8) is 0 Å². The van der Waals surface area contributed by atoms with E-state index >= 15 is 0 Å². The third kappa shape index (κ3) is 2.52. The van der Waals surface area contributed by atoms with Gasteiger partial charge in [-0.2, -0.15) is 0 Å². The number of hydrogen-bond acceptors (Lipinski definition) is 8. The lowest BCUT2D eigenvalue weighted by Gasteiger charge is -2.51. The molecule has 162 valence electrons. The zero-order valence-corrected chi connectivity index (χ0v) is 17.0. The van der Waals surface area contributed by atoms with Crippen molar-refractivity contribution >= 4 is 11.9 Å². The van der Waals surface area contributed by atoms with Crippen LogP contribution in [0.3, 0.4) is 0 Å². The van der Waals surface area contributed by atoms with Crippen LogP contribution in [0.25, 0.3) is 0 Å². The second-order valence-corrected chi connectivity index (χ2v) is 10.2. The number of esters is 2. The first-order chi connectivity index (χ1) is 13.5. The molecule has 0 amide bonds. The van der Waals surface area contributed by atoms with E-state index in [1.54, 1.807) is 6.92 Å². The van der Waals surface area contributed by atoms with Crippen LogP contribution in [0, 0.1) is 23.2 Å². The molecule has 8 nitrogen and oxygen atoms in total. The zero-order chi connectivity index (χ0) is 20.9. The third-order valence-corrected chi connectivity index (χ3v) is 8.60. The highest BCUT2D eigenvalue weighted by Gasteiger charge is 2.78.